The molecule has 1 aliphatic carbocycles. The average Bonchev–Trinajstić information content (AvgIpc) is 3.02. The van der Waals surface area contributed by atoms with Crippen LogP contribution in [0.4, 0.5) is 4.79 Å². The molecule has 0 saturated heterocycles. The van der Waals surface area contributed by atoms with Crippen LogP contribution in [-0.2, 0) is 19.1 Å². The highest BCUT2D eigenvalue weighted by atomic mass is 16.6. The van der Waals surface area contributed by atoms with Gasteiger partial charge in [-0.05, 0) is 49.9 Å². The zero-order chi connectivity index (χ0) is 22.8. The third kappa shape index (κ3) is 5.05. The first-order valence-corrected chi connectivity index (χ1v) is 10.2. The van der Waals surface area contributed by atoms with Crippen molar-refractivity contribution in [2.45, 2.75) is 45.3 Å². The topological polar surface area (TPSA) is 102 Å². The Morgan fingerprint density at radius 2 is 1.52 bits per heavy atom. The molecule has 3 rings (SSSR count). The molecule has 0 radical (unpaired) electrons. The van der Waals surface area contributed by atoms with E-state index in [1.165, 1.54) is 6.92 Å². The van der Waals surface area contributed by atoms with Crippen LogP contribution in [0.15, 0.2) is 48.5 Å². The van der Waals surface area contributed by atoms with Crippen molar-refractivity contribution in [3.8, 4) is 11.1 Å². The third-order valence-corrected chi connectivity index (χ3v) is 5.16. The lowest BCUT2D eigenvalue weighted by atomic mass is 9.98. The van der Waals surface area contributed by atoms with Gasteiger partial charge in [0.05, 0.1) is 5.92 Å². The van der Waals surface area contributed by atoms with E-state index in [0.717, 1.165) is 22.3 Å². The second kappa shape index (κ2) is 8.79. The lowest BCUT2D eigenvalue weighted by Gasteiger charge is -2.25. The van der Waals surface area contributed by atoms with Crippen molar-refractivity contribution in [1.82, 2.24) is 5.32 Å². The summed E-state index contributed by atoms with van der Waals surface area (Å²) in [5.74, 6) is -3.28. The van der Waals surface area contributed by atoms with Crippen molar-refractivity contribution >= 4 is 18.0 Å². The molecule has 0 unspecified atom stereocenters. The van der Waals surface area contributed by atoms with Gasteiger partial charge in [-0.15, -0.1) is 0 Å². The van der Waals surface area contributed by atoms with E-state index >= 15 is 0 Å². The van der Waals surface area contributed by atoms with Gasteiger partial charge in [-0.1, -0.05) is 48.5 Å². The van der Waals surface area contributed by atoms with Gasteiger partial charge in [-0.25, -0.2) is 9.59 Å². The van der Waals surface area contributed by atoms with E-state index in [1.54, 1.807) is 20.8 Å². The fourth-order valence-electron chi connectivity index (χ4n) is 3.70. The minimum Gasteiger partial charge on any atom is -0.480 e. The Morgan fingerprint density at radius 3 is 2.00 bits per heavy atom. The number of ether oxygens (including phenoxy) is 2. The number of fused-ring (bicyclic) bond motifs is 3. The summed E-state index contributed by atoms with van der Waals surface area (Å²) in [6.07, 6.45) is -0.898. The minimum atomic E-state index is -1.47. The molecular weight excluding hydrogens is 398 g/mol. The molecule has 31 heavy (non-hydrogen) atoms. The van der Waals surface area contributed by atoms with Crippen LogP contribution in [0.5, 0.6) is 0 Å². The standard InChI is InChI=1S/C24H27NO6/c1-14(22(28)31-24(2,3)4)20(21(26)27)25-23(29)30-13-19-17-11-7-5-9-15(17)16-10-6-8-12-18(16)19/h5-12,14,19-20H,13H2,1-4H3,(H,25,29)(H,26,27)/t14-,20+/m1/s1. The van der Waals surface area contributed by atoms with Crippen molar-refractivity contribution in [2.75, 3.05) is 6.61 Å². The van der Waals surface area contributed by atoms with Crippen LogP contribution >= 0.6 is 0 Å². The van der Waals surface area contributed by atoms with Gasteiger partial charge in [-0.3, -0.25) is 4.79 Å². The number of aliphatic carboxylic acids is 1. The summed E-state index contributed by atoms with van der Waals surface area (Å²) in [5.41, 5.74) is 3.52. The molecule has 7 heteroatoms. The van der Waals surface area contributed by atoms with Crippen LogP contribution < -0.4 is 5.32 Å². The summed E-state index contributed by atoms with van der Waals surface area (Å²) in [7, 11) is 0. The van der Waals surface area contributed by atoms with Crippen molar-refractivity contribution in [1.29, 1.82) is 0 Å². The summed E-state index contributed by atoms with van der Waals surface area (Å²) in [4.78, 5) is 36.3. The third-order valence-electron chi connectivity index (χ3n) is 5.16. The van der Waals surface area contributed by atoms with E-state index in [9.17, 15) is 19.5 Å². The summed E-state index contributed by atoms with van der Waals surface area (Å²) in [6.45, 7) is 6.51. The second-order valence-corrected chi connectivity index (χ2v) is 8.61. The van der Waals surface area contributed by atoms with E-state index < -0.39 is 35.6 Å². The summed E-state index contributed by atoms with van der Waals surface area (Å²) < 4.78 is 10.6. The number of amides is 1. The number of nitrogens with one attached hydrogen (secondary N) is 1. The molecule has 0 aromatic heterocycles. The Balaban J connectivity index is 1.68. The number of carboxylic acid groups (broad SMARTS) is 1. The van der Waals surface area contributed by atoms with Gasteiger partial charge in [0.1, 0.15) is 18.2 Å². The highest BCUT2D eigenvalue weighted by Crippen LogP contribution is 2.44. The number of hydrogen-bond acceptors (Lipinski definition) is 5. The molecule has 0 fully saturated rings. The Hall–Kier alpha value is -3.35. The number of carbonyl (C=O) groups excluding carboxylic acids is 2. The molecular formula is C24H27NO6. The van der Waals surface area contributed by atoms with Crippen LogP contribution in [0.25, 0.3) is 11.1 Å². The molecule has 1 aliphatic rings. The van der Waals surface area contributed by atoms with Gasteiger partial charge >= 0.3 is 18.0 Å². The van der Waals surface area contributed by atoms with Crippen LogP contribution in [0.2, 0.25) is 0 Å². The number of benzene rings is 2. The van der Waals surface area contributed by atoms with Crippen molar-refractivity contribution in [2.24, 2.45) is 5.92 Å². The predicted molar refractivity (Wildman–Crippen MR) is 115 cm³/mol. The molecule has 164 valence electrons. The molecule has 2 N–H and O–H groups in total. The van der Waals surface area contributed by atoms with Gasteiger partial charge in [0.2, 0.25) is 0 Å². The monoisotopic (exact) mass is 425 g/mol. The largest absolute Gasteiger partial charge is 0.480 e. The maximum Gasteiger partial charge on any atom is 0.407 e. The molecule has 1 amide bonds. The highest BCUT2D eigenvalue weighted by Gasteiger charge is 2.35. The first-order chi connectivity index (χ1) is 14.6. The zero-order valence-corrected chi connectivity index (χ0v) is 18.0. The summed E-state index contributed by atoms with van der Waals surface area (Å²) >= 11 is 0. The van der Waals surface area contributed by atoms with Gasteiger partial charge in [-0.2, -0.15) is 0 Å². The maximum atomic E-state index is 12.4. The number of hydrogen-bond donors (Lipinski definition) is 2. The zero-order valence-electron chi connectivity index (χ0n) is 18.0. The normalized spacial score (nSPS) is 14.7. The number of carboxylic acids is 1. The van der Waals surface area contributed by atoms with Gasteiger partial charge in [0.25, 0.3) is 0 Å². The number of rotatable bonds is 6. The fraction of sp³-hybridized carbons (Fsp3) is 0.375. The Morgan fingerprint density at radius 1 is 1.00 bits per heavy atom. The van der Waals surface area contributed by atoms with E-state index in [0.29, 0.717) is 0 Å². The van der Waals surface area contributed by atoms with E-state index in [-0.39, 0.29) is 12.5 Å². The van der Waals surface area contributed by atoms with Gasteiger partial charge in [0.15, 0.2) is 0 Å². The summed E-state index contributed by atoms with van der Waals surface area (Å²) in [5, 5.41) is 11.8. The van der Waals surface area contributed by atoms with Crippen LogP contribution in [0.1, 0.15) is 44.7 Å². The SMILES string of the molecule is C[C@@H](C(=O)OC(C)(C)C)[C@H](NC(=O)OCC1c2ccccc2-c2ccccc21)C(=O)O. The Bertz CT molecular complexity index is 948. The Kier molecular flexibility index (Phi) is 6.34. The van der Waals surface area contributed by atoms with E-state index in [4.69, 9.17) is 9.47 Å². The second-order valence-electron chi connectivity index (χ2n) is 8.61. The average molecular weight is 425 g/mol. The molecule has 2 aromatic carbocycles. The predicted octanol–water partition coefficient (Wildman–Crippen LogP) is 3.96. The Labute approximate surface area is 181 Å². The quantitative estimate of drug-likeness (QED) is 0.680. The van der Waals surface area contributed by atoms with Crippen LogP contribution in [0, 0.1) is 5.92 Å². The van der Waals surface area contributed by atoms with E-state index in [2.05, 4.69) is 5.32 Å². The number of carbonyl (C=O) groups is 3. The van der Waals surface area contributed by atoms with E-state index in [1.807, 2.05) is 48.5 Å². The first kappa shape index (κ1) is 22.3. The number of esters is 1. The molecule has 0 spiro atoms. The smallest absolute Gasteiger partial charge is 0.407 e. The molecule has 2 atom stereocenters. The van der Waals surface area contributed by atoms with Crippen LogP contribution in [0.3, 0.4) is 0 Å². The number of alkyl carbamates (subject to hydrolysis) is 1. The van der Waals surface area contributed by atoms with Crippen molar-refractivity contribution in [3.63, 3.8) is 0 Å². The molecule has 0 bridgehead atoms. The molecule has 0 saturated carbocycles. The molecule has 7 nitrogen and oxygen atoms in total. The first-order valence-electron chi connectivity index (χ1n) is 10.2. The van der Waals surface area contributed by atoms with Crippen LogP contribution in [-0.4, -0.2) is 41.4 Å². The minimum absolute atomic E-state index is 0.0486. The highest BCUT2D eigenvalue weighted by molar-refractivity contribution is 5.87. The molecule has 0 heterocycles. The van der Waals surface area contributed by atoms with Crippen molar-refractivity contribution < 1.29 is 29.0 Å². The van der Waals surface area contributed by atoms with Crippen molar-refractivity contribution in [3.05, 3.63) is 59.7 Å². The molecule has 2 aromatic rings. The summed E-state index contributed by atoms with van der Waals surface area (Å²) in [6, 6.07) is 14.3. The van der Waals surface area contributed by atoms with Gasteiger partial charge < -0.3 is 19.9 Å². The fourth-order valence-corrected chi connectivity index (χ4v) is 3.70. The molecule has 0 aliphatic heterocycles. The lowest BCUT2D eigenvalue weighted by molar-refractivity contribution is -0.163. The maximum absolute atomic E-state index is 12.4. The van der Waals surface area contributed by atoms with Gasteiger partial charge in [0, 0.05) is 5.92 Å². The lowest BCUT2D eigenvalue weighted by Crippen LogP contribution is -2.49.